The molecule has 18 heavy (non-hydrogen) atoms. The van der Waals surface area contributed by atoms with Gasteiger partial charge in [-0.1, -0.05) is 0 Å². The van der Waals surface area contributed by atoms with Gasteiger partial charge in [-0.15, -0.1) is 0 Å². The van der Waals surface area contributed by atoms with Crippen molar-refractivity contribution in [1.29, 1.82) is 0 Å². The van der Waals surface area contributed by atoms with E-state index in [2.05, 4.69) is 26.1 Å². The first-order chi connectivity index (χ1) is 8.31. The van der Waals surface area contributed by atoms with Crippen LogP contribution in [0.2, 0.25) is 0 Å². The Morgan fingerprint density at radius 2 is 1.89 bits per heavy atom. The van der Waals surface area contributed by atoms with Gasteiger partial charge in [0.2, 0.25) is 0 Å². The Bertz CT molecular complexity index is 494. The highest BCUT2D eigenvalue weighted by atomic mass is 16.2. The molecule has 0 bridgehead atoms. The van der Waals surface area contributed by atoms with E-state index in [4.69, 9.17) is 0 Å². The summed E-state index contributed by atoms with van der Waals surface area (Å²) in [6.45, 7) is 7.73. The highest BCUT2D eigenvalue weighted by Gasteiger charge is 2.07. The topological polar surface area (TPSA) is 56.0 Å². The molecule has 5 heteroatoms. The van der Waals surface area contributed by atoms with Crippen LogP contribution in [0.4, 0.5) is 0 Å². The van der Waals surface area contributed by atoms with Crippen LogP contribution < -0.4 is 16.6 Å². The second-order valence-electron chi connectivity index (χ2n) is 5.58. The standard InChI is InChI=1S/C13H23N3O2/c1-13(2,3)14-8-5-6-9-16-11(17)7-10-15(4)12(16)18/h7,10,14H,5-6,8-9H2,1-4H3. The van der Waals surface area contributed by atoms with E-state index in [1.807, 2.05) is 0 Å². The SMILES string of the molecule is Cn1ccc(=O)n(CCCCNC(C)(C)C)c1=O. The second-order valence-corrected chi connectivity index (χ2v) is 5.58. The third-order valence-corrected chi connectivity index (χ3v) is 2.70. The van der Waals surface area contributed by atoms with E-state index in [0.717, 1.165) is 19.4 Å². The summed E-state index contributed by atoms with van der Waals surface area (Å²) >= 11 is 0. The predicted molar refractivity (Wildman–Crippen MR) is 72.9 cm³/mol. The molecule has 0 amide bonds. The number of unbranched alkanes of at least 4 members (excludes halogenated alkanes) is 1. The van der Waals surface area contributed by atoms with Crippen LogP contribution in [0.15, 0.2) is 21.9 Å². The molecule has 0 aromatic carbocycles. The van der Waals surface area contributed by atoms with Crippen LogP contribution in [0.25, 0.3) is 0 Å². The molecule has 0 radical (unpaired) electrons. The van der Waals surface area contributed by atoms with Crippen LogP contribution >= 0.6 is 0 Å². The van der Waals surface area contributed by atoms with Crippen LogP contribution in [-0.4, -0.2) is 21.2 Å². The summed E-state index contributed by atoms with van der Waals surface area (Å²) < 4.78 is 2.71. The van der Waals surface area contributed by atoms with E-state index in [1.54, 1.807) is 7.05 Å². The smallest absolute Gasteiger partial charge is 0.312 e. The lowest BCUT2D eigenvalue weighted by molar-refractivity contribution is 0.412. The molecule has 0 aliphatic heterocycles. The van der Waals surface area contributed by atoms with Crippen molar-refractivity contribution in [3.8, 4) is 0 Å². The van der Waals surface area contributed by atoms with E-state index < -0.39 is 0 Å². The number of nitrogens with one attached hydrogen (secondary N) is 1. The second kappa shape index (κ2) is 6.00. The minimum atomic E-state index is -0.244. The molecular weight excluding hydrogens is 230 g/mol. The Hall–Kier alpha value is -1.36. The van der Waals surface area contributed by atoms with Crippen LogP contribution in [0.1, 0.15) is 33.6 Å². The van der Waals surface area contributed by atoms with E-state index in [-0.39, 0.29) is 16.8 Å². The summed E-state index contributed by atoms with van der Waals surface area (Å²) in [5.41, 5.74) is -0.354. The Kier molecular flexibility index (Phi) is 4.90. The Labute approximate surface area is 107 Å². The number of aromatic nitrogens is 2. The molecule has 0 fully saturated rings. The van der Waals surface area contributed by atoms with Gasteiger partial charge in [0.05, 0.1) is 0 Å². The average Bonchev–Trinajstić information content (AvgIpc) is 2.26. The van der Waals surface area contributed by atoms with Crippen LogP contribution in [0, 0.1) is 0 Å². The fourth-order valence-electron chi connectivity index (χ4n) is 1.68. The van der Waals surface area contributed by atoms with E-state index in [0.29, 0.717) is 6.54 Å². The molecule has 0 atom stereocenters. The first-order valence-electron chi connectivity index (χ1n) is 6.33. The molecule has 1 rings (SSSR count). The minimum Gasteiger partial charge on any atom is -0.312 e. The molecule has 1 heterocycles. The molecule has 0 aliphatic carbocycles. The third-order valence-electron chi connectivity index (χ3n) is 2.70. The molecule has 1 aromatic rings. The maximum absolute atomic E-state index is 11.7. The van der Waals surface area contributed by atoms with Crippen molar-refractivity contribution in [3.05, 3.63) is 33.1 Å². The van der Waals surface area contributed by atoms with Crippen molar-refractivity contribution in [2.24, 2.45) is 7.05 Å². The van der Waals surface area contributed by atoms with Crippen molar-refractivity contribution < 1.29 is 0 Å². The average molecular weight is 253 g/mol. The van der Waals surface area contributed by atoms with Gasteiger partial charge in [0.25, 0.3) is 5.56 Å². The van der Waals surface area contributed by atoms with E-state index >= 15 is 0 Å². The van der Waals surface area contributed by atoms with Gasteiger partial charge in [0.15, 0.2) is 0 Å². The Balaban J connectivity index is 2.48. The van der Waals surface area contributed by atoms with Gasteiger partial charge < -0.3 is 9.88 Å². The molecule has 0 unspecified atom stereocenters. The molecule has 5 nitrogen and oxygen atoms in total. The number of aryl methyl sites for hydroxylation is 1. The van der Waals surface area contributed by atoms with Crippen LogP contribution in [0.5, 0.6) is 0 Å². The normalized spacial score (nSPS) is 11.8. The number of nitrogens with zero attached hydrogens (tertiary/aromatic N) is 2. The number of hydrogen-bond donors (Lipinski definition) is 1. The molecule has 0 aliphatic rings. The summed E-state index contributed by atoms with van der Waals surface area (Å²) in [5.74, 6) is 0. The third kappa shape index (κ3) is 4.49. The first kappa shape index (κ1) is 14.7. The van der Waals surface area contributed by atoms with Crippen molar-refractivity contribution >= 4 is 0 Å². The highest BCUT2D eigenvalue weighted by Crippen LogP contribution is 1.99. The summed E-state index contributed by atoms with van der Waals surface area (Å²) in [6, 6.07) is 1.43. The molecule has 1 N–H and O–H groups in total. The highest BCUT2D eigenvalue weighted by molar-refractivity contribution is 4.85. The van der Waals surface area contributed by atoms with Gasteiger partial charge in [0, 0.05) is 31.4 Å². The quantitative estimate of drug-likeness (QED) is 0.787. The number of rotatable bonds is 5. The van der Waals surface area contributed by atoms with Crippen LogP contribution in [-0.2, 0) is 13.6 Å². The van der Waals surface area contributed by atoms with Crippen molar-refractivity contribution in [1.82, 2.24) is 14.5 Å². The predicted octanol–water partition coefficient (Wildman–Crippen LogP) is 0.715. The summed E-state index contributed by atoms with van der Waals surface area (Å²) in [4.78, 5) is 23.3. The summed E-state index contributed by atoms with van der Waals surface area (Å²) in [6.07, 6.45) is 3.27. The lowest BCUT2D eigenvalue weighted by Crippen LogP contribution is -2.38. The molecule has 0 saturated heterocycles. The zero-order chi connectivity index (χ0) is 13.8. The largest absolute Gasteiger partial charge is 0.330 e. The zero-order valence-electron chi connectivity index (χ0n) is 11.7. The summed E-state index contributed by atoms with van der Waals surface area (Å²) in [7, 11) is 1.65. The maximum atomic E-state index is 11.7. The fraction of sp³-hybridized carbons (Fsp3) is 0.692. The van der Waals surface area contributed by atoms with Crippen molar-refractivity contribution in [2.45, 2.75) is 45.7 Å². The number of hydrogen-bond acceptors (Lipinski definition) is 3. The fourth-order valence-corrected chi connectivity index (χ4v) is 1.68. The van der Waals surface area contributed by atoms with Gasteiger partial charge in [0.1, 0.15) is 0 Å². The van der Waals surface area contributed by atoms with Gasteiger partial charge >= 0.3 is 5.69 Å². The molecule has 0 spiro atoms. The van der Waals surface area contributed by atoms with Crippen LogP contribution in [0.3, 0.4) is 0 Å². The minimum absolute atomic E-state index is 0.111. The molecular formula is C13H23N3O2. The van der Waals surface area contributed by atoms with Gasteiger partial charge in [-0.3, -0.25) is 9.36 Å². The maximum Gasteiger partial charge on any atom is 0.330 e. The van der Waals surface area contributed by atoms with E-state index in [1.165, 1.54) is 21.4 Å². The summed E-state index contributed by atoms with van der Waals surface area (Å²) in [5, 5.41) is 3.38. The van der Waals surface area contributed by atoms with Crippen molar-refractivity contribution in [2.75, 3.05) is 6.54 Å². The Morgan fingerprint density at radius 1 is 1.22 bits per heavy atom. The Morgan fingerprint density at radius 3 is 2.50 bits per heavy atom. The van der Waals surface area contributed by atoms with E-state index in [9.17, 15) is 9.59 Å². The zero-order valence-corrected chi connectivity index (χ0v) is 11.7. The molecule has 102 valence electrons. The monoisotopic (exact) mass is 253 g/mol. The lowest BCUT2D eigenvalue weighted by atomic mass is 10.1. The van der Waals surface area contributed by atoms with Gasteiger partial charge in [-0.05, 0) is 40.2 Å². The first-order valence-corrected chi connectivity index (χ1v) is 6.33. The van der Waals surface area contributed by atoms with Crippen molar-refractivity contribution in [3.63, 3.8) is 0 Å². The van der Waals surface area contributed by atoms with Gasteiger partial charge in [-0.2, -0.15) is 0 Å². The van der Waals surface area contributed by atoms with Gasteiger partial charge in [-0.25, -0.2) is 4.79 Å². The molecule has 0 saturated carbocycles. The lowest BCUT2D eigenvalue weighted by Gasteiger charge is -2.20. The molecule has 1 aromatic heterocycles.